The smallest absolute Gasteiger partial charge is 0.161 e. The summed E-state index contributed by atoms with van der Waals surface area (Å²) in [6.45, 7) is 5.25. The van der Waals surface area contributed by atoms with Crippen molar-refractivity contribution < 1.29 is 9.47 Å². The van der Waals surface area contributed by atoms with Gasteiger partial charge in [0.05, 0.1) is 0 Å². The van der Waals surface area contributed by atoms with Crippen molar-refractivity contribution in [2.24, 2.45) is 0 Å². The van der Waals surface area contributed by atoms with E-state index >= 15 is 0 Å². The molecule has 1 aromatic carbocycles. The van der Waals surface area contributed by atoms with Crippen molar-refractivity contribution in [2.45, 2.75) is 19.5 Å². The Labute approximate surface area is 102 Å². The van der Waals surface area contributed by atoms with Gasteiger partial charge in [0.2, 0.25) is 0 Å². The van der Waals surface area contributed by atoms with Gasteiger partial charge in [-0.25, -0.2) is 0 Å². The molecule has 0 bridgehead atoms. The minimum absolute atomic E-state index is 0.452. The van der Waals surface area contributed by atoms with Crippen LogP contribution in [-0.4, -0.2) is 32.8 Å². The average Bonchev–Trinajstić information content (AvgIpc) is 2.36. The van der Waals surface area contributed by atoms with Gasteiger partial charge in [-0.2, -0.15) is 0 Å². The summed E-state index contributed by atoms with van der Waals surface area (Å²) in [6, 6.07) is 6.56. The monoisotopic (exact) mass is 236 g/mol. The third-order valence-electron chi connectivity index (χ3n) is 2.77. The molecule has 4 nitrogen and oxygen atoms in total. The van der Waals surface area contributed by atoms with Crippen LogP contribution in [0.15, 0.2) is 18.2 Å². The van der Waals surface area contributed by atoms with Crippen molar-refractivity contribution >= 4 is 0 Å². The highest BCUT2D eigenvalue weighted by atomic mass is 16.6. The minimum Gasteiger partial charge on any atom is -0.486 e. The van der Waals surface area contributed by atoms with E-state index in [0.717, 1.165) is 24.6 Å². The zero-order valence-corrected chi connectivity index (χ0v) is 10.5. The second kappa shape index (κ2) is 5.89. The normalized spacial score (nSPS) is 15.6. The number of rotatable bonds is 5. The van der Waals surface area contributed by atoms with Crippen molar-refractivity contribution in [3.63, 3.8) is 0 Å². The van der Waals surface area contributed by atoms with Crippen LogP contribution in [-0.2, 0) is 6.54 Å². The van der Waals surface area contributed by atoms with E-state index in [1.807, 2.05) is 19.2 Å². The number of fused-ring (bicyclic) bond motifs is 1. The average molecular weight is 236 g/mol. The molecule has 0 saturated heterocycles. The Balaban J connectivity index is 1.93. The molecular formula is C13H20N2O2. The van der Waals surface area contributed by atoms with Crippen molar-refractivity contribution in [3.05, 3.63) is 23.8 Å². The summed E-state index contributed by atoms with van der Waals surface area (Å²) in [5.74, 6) is 1.71. The van der Waals surface area contributed by atoms with Crippen molar-refractivity contribution in [1.29, 1.82) is 0 Å². The van der Waals surface area contributed by atoms with Gasteiger partial charge in [0, 0.05) is 19.1 Å². The maximum atomic E-state index is 5.55. The lowest BCUT2D eigenvalue weighted by atomic mass is 10.2. The molecule has 0 aromatic heterocycles. The Kier molecular flexibility index (Phi) is 4.23. The van der Waals surface area contributed by atoms with E-state index in [2.05, 4.69) is 23.6 Å². The van der Waals surface area contributed by atoms with Crippen LogP contribution in [0.3, 0.4) is 0 Å². The van der Waals surface area contributed by atoms with Gasteiger partial charge in [0.1, 0.15) is 13.2 Å². The second-order valence-corrected chi connectivity index (χ2v) is 4.32. The molecule has 94 valence electrons. The van der Waals surface area contributed by atoms with Gasteiger partial charge < -0.3 is 20.1 Å². The lowest BCUT2D eigenvalue weighted by Crippen LogP contribution is -2.34. The summed E-state index contributed by atoms with van der Waals surface area (Å²) >= 11 is 0. The van der Waals surface area contributed by atoms with Gasteiger partial charge in [-0.1, -0.05) is 6.07 Å². The standard InChI is InChI=1S/C13H20N2O2/c1-10(8-14-2)15-9-11-3-4-12-13(7-11)17-6-5-16-12/h3-4,7,10,14-15H,5-6,8-9H2,1-2H3. The van der Waals surface area contributed by atoms with Gasteiger partial charge >= 0.3 is 0 Å². The second-order valence-electron chi connectivity index (χ2n) is 4.32. The summed E-state index contributed by atoms with van der Waals surface area (Å²) in [5, 5.41) is 6.59. The Morgan fingerprint density at radius 2 is 2.00 bits per heavy atom. The Morgan fingerprint density at radius 1 is 1.24 bits per heavy atom. The SMILES string of the molecule is CNCC(C)NCc1ccc2c(c1)OCCO2. The molecule has 17 heavy (non-hydrogen) atoms. The van der Waals surface area contributed by atoms with Gasteiger partial charge in [0.25, 0.3) is 0 Å². The number of hydrogen-bond donors (Lipinski definition) is 2. The molecule has 1 unspecified atom stereocenters. The quantitative estimate of drug-likeness (QED) is 0.805. The molecule has 0 radical (unpaired) electrons. The first-order chi connectivity index (χ1) is 8.29. The fourth-order valence-corrected chi connectivity index (χ4v) is 1.87. The van der Waals surface area contributed by atoms with Crippen molar-refractivity contribution in [1.82, 2.24) is 10.6 Å². The third kappa shape index (κ3) is 3.35. The van der Waals surface area contributed by atoms with Gasteiger partial charge in [-0.15, -0.1) is 0 Å². The summed E-state index contributed by atoms with van der Waals surface area (Å²) < 4.78 is 11.0. The summed E-state index contributed by atoms with van der Waals surface area (Å²) in [7, 11) is 1.96. The molecule has 0 fully saturated rings. The van der Waals surface area contributed by atoms with Crippen LogP contribution in [0, 0.1) is 0 Å². The summed E-state index contributed by atoms with van der Waals surface area (Å²) in [4.78, 5) is 0. The van der Waals surface area contributed by atoms with E-state index in [4.69, 9.17) is 9.47 Å². The highest BCUT2D eigenvalue weighted by Crippen LogP contribution is 2.30. The Bertz CT molecular complexity index is 368. The molecule has 0 spiro atoms. The molecule has 1 heterocycles. The zero-order valence-electron chi connectivity index (χ0n) is 10.5. The largest absolute Gasteiger partial charge is 0.486 e. The van der Waals surface area contributed by atoms with E-state index in [9.17, 15) is 0 Å². The van der Waals surface area contributed by atoms with Crippen LogP contribution < -0.4 is 20.1 Å². The van der Waals surface area contributed by atoms with Gasteiger partial charge in [-0.05, 0) is 31.7 Å². The molecule has 2 rings (SSSR count). The highest BCUT2D eigenvalue weighted by Gasteiger charge is 2.11. The van der Waals surface area contributed by atoms with E-state index in [1.165, 1.54) is 5.56 Å². The molecule has 2 N–H and O–H groups in total. The van der Waals surface area contributed by atoms with E-state index < -0.39 is 0 Å². The first-order valence-electron chi connectivity index (χ1n) is 6.06. The maximum absolute atomic E-state index is 5.55. The fourth-order valence-electron chi connectivity index (χ4n) is 1.87. The summed E-state index contributed by atoms with van der Waals surface area (Å²) in [6.07, 6.45) is 0. The Morgan fingerprint density at radius 3 is 2.76 bits per heavy atom. The molecule has 1 atom stereocenters. The number of nitrogens with one attached hydrogen (secondary N) is 2. The highest BCUT2D eigenvalue weighted by molar-refractivity contribution is 5.43. The first-order valence-corrected chi connectivity index (χ1v) is 6.06. The molecule has 0 saturated carbocycles. The lowest BCUT2D eigenvalue weighted by molar-refractivity contribution is 0.171. The van der Waals surface area contributed by atoms with Crippen molar-refractivity contribution in [2.75, 3.05) is 26.8 Å². The predicted octanol–water partition coefficient (Wildman–Crippen LogP) is 1.16. The van der Waals surface area contributed by atoms with Gasteiger partial charge in [0.15, 0.2) is 11.5 Å². The van der Waals surface area contributed by atoms with E-state index in [1.54, 1.807) is 0 Å². The predicted molar refractivity (Wildman–Crippen MR) is 67.7 cm³/mol. The first kappa shape index (κ1) is 12.2. The fraction of sp³-hybridized carbons (Fsp3) is 0.538. The van der Waals surface area contributed by atoms with Crippen LogP contribution >= 0.6 is 0 Å². The Hall–Kier alpha value is -1.26. The molecule has 1 aliphatic rings. The summed E-state index contributed by atoms with van der Waals surface area (Å²) in [5.41, 5.74) is 1.22. The van der Waals surface area contributed by atoms with Crippen LogP contribution in [0.1, 0.15) is 12.5 Å². The third-order valence-corrected chi connectivity index (χ3v) is 2.77. The number of hydrogen-bond acceptors (Lipinski definition) is 4. The van der Waals surface area contributed by atoms with Crippen LogP contribution in [0.5, 0.6) is 11.5 Å². The van der Waals surface area contributed by atoms with Crippen LogP contribution in [0.25, 0.3) is 0 Å². The zero-order chi connectivity index (χ0) is 12.1. The molecule has 1 aromatic rings. The molecule has 4 heteroatoms. The number of likely N-dealkylation sites (N-methyl/N-ethyl adjacent to an activating group) is 1. The number of ether oxygens (including phenoxy) is 2. The minimum atomic E-state index is 0.452. The van der Waals surface area contributed by atoms with E-state index in [0.29, 0.717) is 19.3 Å². The lowest BCUT2D eigenvalue weighted by Gasteiger charge is -2.19. The molecule has 1 aliphatic heterocycles. The van der Waals surface area contributed by atoms with Crippen molar-refractivity contribution in [3.8, 4) is 11.5 Å². The molecule has 0 aliphatic carbocycles. The topological polar surface area (TPSA) is 42.5 Å². The van der Waals surface area contributed by atoms with E-state index in [-0.39, 0.29) is 0 Å². The van der Waals surface area contributed by atoms with Crippen LogP contribution in [0.4, 0.5) is 0 Å². The van der Waals surface area contributed by atoms with Crippen LogP contribution in [0.2, 0.25) is 0 Å². The maximum Gasteiger partial charge on any atom is 0.161 e. The number of benzene rings is 1. The molecule has 0 amide bonds. The van der Waals surface area contributed by atoms with Gasteiger partial charge in [-0.3, -0.25) is 0 Å². The molecular weight excluding hydrogens is 216 g/mol.